The summed E-state index contributed by atoms with van der Waals surface area (Å²) in [6.07, 6.45) is 0.947. The van der Waals surface area contributed by atoms with Gasteiger partial charge in [-0.3, -0.25) is 4.79 Å². The number of nitrogens with zero attached hydrogens (tertiary/aromatic N) is 1. The molecule has 3 nitrogen and oxygen atoms in total. The van der Waals surface area contributed by atoms with E-state index in [4.69, 9.17) is 27.9 Å². The highest BCUT2D eigenvalue weighted by Gasteiger charge is 2.23. The molecule has 6 heteroatoms. The van der Waals surface area contributed by atoms with Crippen molar-refractivity contribution in [2.24, 2.45) is 0 Å². The number of rotatable bonds is 4. The Morgan fingerprint density at radius 3 is 2.81 bits per heavy atom. The summed E-state index contributed by atoms with van der Waals surface area (Å²) in [4.78, 5) is 14.4. The number of hydrogen-bond donors (Lipinski definition) is 0. The first kappa shape index (κ1) is 19.4. The van der Waals surface area contributed by atoms with E-state index in [-0.39, 0.29) is 12.5 Å². The normalized spacial score (nSPS) is 17.7. The molecule has 0 radical (unpaired) electrons. The predicted molar refractivity (Wildman–Crippen MR) is 110 cm³/mol. The van der Waals surface area contributed by atoms with Crippen molar-refractivity contribution in [1.29, 1.82) is 0 Å². The molecule has 1 fully saturated rings. The maximum atomic E-state index is 12.5. The van der Waals surface area contributed by atoms with Crippen molar-refractivity contribution >= 4 is 40.9 Å². The first-order valence-electron chi connectivity index (χ1n) is 8.57. The molecule has 1 saturated heterocycles. The van der Waals surface area contributed by atoms with Crippen LogP contribution in [0.2, 0.25) is 10.0 Å². The summed E-state index contributed by atoms with van der Waals surface area (Å²) >= 11 is 13.9. The molecule has 2 aromatic rings. The van der Waals surface area contributed by atoms with Gasteiger partial charge in [0.1, 0.15) is 5.75 Å². The van der Waals surface area contributed by atoms with Crippen LogP contribution in [0.15, 0.2) is 42.5 Å². The van der Waals surface area contributed by atoms with E-state index < -0.39 is 0 Å². The molecule has 0 saturated carbocycles. The highest BCUT2D eigenvalue weighted by Crippen LogP contribution is 2.36. The van der Waals surface area contributed by atoms with E-state index in [1.54, 1.807) is 18.2 Å². The van der Waals surface area contributed by atoms with Crippen LogP contribution in [-0.2, 0) is 4.79 Å². The Labute approximate surface area is 168 Å². The maximum absolute atomic E-state index is 12.5. The largest absolute Gasteiger partial charge is 0.482 e. The minimum atomic E-state index is -0.0128. The van der Waals surface area contributed by atoms with Gasteiger partial charge in [-0.25, -0.2) is 0 Å². The van der Waals surface area contributed by atoms with E-state index in [1.165, 1.54) is 11.1 Å². The lowest BCUT2D eigenvalue weighted by Crippen LogP contribution is -2.36. The number of thioether (sulfide) groups is 1. The summed E-state index contributed by atoms with van der Waals surface area (Å²) in [5.74, 6) is 1.39. The molecule has 1 aliphatic heterocycles. The molecule has 2 aromatic carbocycles. The quantitative estimate of drug-likeness (QED) is 0.677. The zero-order valence-electron chi connectivity index (χ0n) is 14.6. The monoisotopic (exact) mass is 409 g/mol. The number of ether oxygens (including phenoxy) is 1. The predicted octanol–water partition coefficient (Wildman–Crippen LogP) is 5.39. The van der Waals surface area contributed by atoms with Crippen molar-refractivity contribution in [3.8, 4) is 5.75 Å². The van der Waals surface area contributed by atoms with E-state index in [2.05, 4.69) is 31.2 Å². The van der Waals surface area contributed by atoms with E-state index in [0.717, 1.165) is 25.3 Å². The summed E-state index contributed by atoms with van der Waals surface area (Å²) in [6, 6.07) is 13.5. The summed E-state index contributed by atoms with van der Waals surface area (Å²) in [6.45, 7) is 3.61. The number of hydrogen-bond acceptors (Lipinski definition) is 3. The Morgan fingerprint density at radius 1 is 1.23 bits per heavy atom. The van der Waals surface area contributed by atoms with Crippen LogP contribution < -0.4 is 4.74 Å². The van der Waals surface area contributed by atoms with Crippen LogP contribution in [0.3, 0.4) is 0 Å². The molecule has 1 unspecified atom stereocenters. The van der Waals surface area contributed by atoms with Gasteiger partial charge in [-0.15, -0.1) is 0 Å². The zero-order valence-corrected chi connectivity index (χ0v) is 16.9. The molecule has 26 heavy (non-hydrogen) atoms. The fourth-order valence-corrected chi connectivity index (χ4v) is 4.83. The molecule has 1 heterocycles. The number of halogens is 2. The van der Waals surface area contributed by atoms with Crippen LogP contribution in [-0.4, -0.2) is 36.3 Å². The van der Waals surface area contributed by atoms with E-state index in [1.807, 2.05) is 16.7 Å². The van der Waals surface area contributed by atoms with Crippen LogP contribution in [0.5, 0.6) is 5.75 Å². The number of aryl methyl sites for hydroxylation is 1. The molecule has 0 N–H and O–H groups in total. The third-order valence-electron chi connectivity index (χ3n) is 4.47. The number of amides is 1. The SMILES string of the molecule is Cc1ccccc1C1CCN(C(=O)COc2ccc(Cl)cc2Cl)CCS1. The standard InChI is InChI=1S/C20H21Cl2NO2S/c1-14-4-2-3-5-16(14)19-8-9-23(10-11-26-19)20(24)13-25-18-7-6-15(21)12-17(18)22/h2-7,12,19H,8-11,13H2,1H3. The van der Waals surface area contributed by atoms with Crippen molar-refractivity contribution in [3.05, 3.63) is 63.6 Å². The Bertz CT molecular complexity index is 784. The second-order valence-electron chi connectivity index (χ2n) is 6.25. The molecule has 3 rings (SSSR count). The van der Waals surface area contributed by atoms with Gasteiger partial charge in [0, 0.05) is 29.1 Å². The fourth-order valence-electron chi connectivity index (χ4n) is 3.04. The zero-order chi connectivity index (χ0) is 18.5. The summed E-state index contributed by atoms with van der Waals surface area (Å²) in [5, 5.41) is 1.39. The molecule has 1 aliphatic rings. The van der Waals surface area contributed by atoms with Gasteiger partial charge >= 0.3 is 0 Å². The van der Waals surface area contributed by atoms with Gasteiger partial charge in [0.05, 0.1) is 5.02 Å². The van der Waals surface area contributed by atoms with Gasteiger partial charge in [-0.2, -0.15) is 11.8 Å². The average Bonchev–Trinajstić information content (AvgIpc) is 2.87. The molecular weight excluding hydrogens is 389 g/mol. The average molecular weight is 410 g/mol. The van der Waals surface area contributed by atoms with Gasteiger partial charge in [-0.05, 0) is 42.7 Å². The first-order valence-corrected chi connectivity index (χ1v) is 10.4. The highest BCUT2D eigenvalue weighted by atomic mass is 35.5. The number of carbonyl (C=O) groups is 1. The summed E-state index contributed by atoms with van der Waals surface area (Å²) in [7, 11) is 0. The molecular formula is C20H21Cl2NO2S. The Balaban J connectivity index is 1.57. The van der Waals surface area contributed by atoms with Gasteiger partial charge in [0.2, 0.25) is 0 Å². The molecule has 138 valence electrons. The van der Waals surface area contributed by atoms with Gasteiger partial charge < -0.3 is 9.64 Å². The lowest BCUT2D eigenvalue weighted by molar-refractivity contribution is -0.133. The smallest absolute Gasteiger partial charge is 0.260 e. The third-order valence-corrected chi connectivity index (χ3v) is 6.32. The number of benzene rings is 2. The van der Waals surface area contributed by atoms with Crippen LogP contribution in [0.1, 0.15) is 22.8 Å². The minimum Gasteiger partial charge on any atom is -0.482 e. The number of carbonyl (C=O) groups excluding carboxylic acids is 1. The maximum Gasteiger partial charge on any atom is 0.260 e. The molecule has 0 aromatic heterocycles. The van der Waals surface area contributed by atoms with Gasteiger partial charge in [-0.1, -0.05) is 47.5 Å². The first-order chi connectivity index (χ1) is 12.5. The Kier molecular flexibility index (Phi) is 6.74. The van der Waals surface area contributed by atoms with E-state index in [0.29, 0.717) is 21.0 Å². The van der Waals surface area contributed by atoms with Crippen LogP contribution in [0.4, 0.5) is 0 Å². The van der Waals surface area contributed by atoms with Crippen LogP contribution in [0.25, 0.3) is 0 Å². The summed E-state index contributed by atoms with van der Waals surface area (Å²) in [5.41, 5.74) is 2.68. The summed E-state index contributed by atoms with van der Waals surface area (Å²) < 4.78 is 5.59. The molecule has 0 aliphatic carbocycles. The third kappa shape index (κ3) is 4.87. The molecule has 1 amide bonds. The van der Waals surface area contributed by atoms with Crippen LogP contribution >= 0.6 is 35.0 Å². The minimum absolute atomic E-state index is 0.0120. The second-order valence-corrected chi connectivity index (χ2v) is 8.40. The highest BCUT2D eigenvalue weighted by molar-refractivity contribution is 7.99. The topological polar surface area (TPSA) is 29.5 Å². The van der Waals surface area contributed by atoms with Gasteiger partial charge in [0.25, 0.3) is 5.91 Å². The van der Waals surface area contributed by atoms with Crippen molar-refractivity contribution in [1.82, 2.24) is 4.90 Å². The molecule has 1 atom stereocenters. The van der Waals surface area contributed by atoms with Crippen LogP contribution in [0, 0.1) is 6.92 Å². The lowest BCUT2D eigenvalue weighted by Gasteiger charge is -2.21. The van der Waals surface area contributed by atoms with Crippen molar-refractivity contribution in [2.45, 2.75) is 18.6 Å². The molecule has 0 spiro atoms. The van der Waals surface area contributed by atoms with Gasteiger partial charge in [0.15, 0.2) is 6.61 Å². The van der Waals surface area contributed by atoms with Crippen molar-refractivity contribution in [2.75, 3.05) is 25.4 Å². The van der Waals surface area contributed by atoms with E-state index in [9.17, 15) is 4.79 Å². The van der Waals surface area contributed by atoms with E-state index >= 15 is 0 Å². The molecule has 0 bridgehead atoms. The van der Waals surface area contributed by atoms with Crippen molar-refractivity contribution in [3.63, 3.8) is 0 Å². The van der Waals surface area contributed by atoms with Crippen molar-refractivity contribution < 1.29 is 9.53 Å². The Morgan fingerprint density at radius 2 is 2.04 bits per heavy atom. The fraction of sp³-hybridized carbons (Fsp3) is 0.350. The second kappa shape index (κ2) is 9.03. The lowest BCUT2D eigenvalue weighted by atomic mass is 10.0. The Hall–Kier alpha value is -1.36.